The second-order valence-corrected chi connectivity index (χ2v) is 4.45. The molecule has 0 saturated carbocycles. The molecule has 16 heavy (non-hydrogen) atoms. The predicted molar refractivity (Wildman–Crippen MR) is 63.0 cm³/mol. The van der Waals surface area contributed by atoms with Gasteiger partial charge in [-0.2, -0.15) is 4.98 Å². The summed E-state index contributed by atoms with van der Waals surface area (Å²) < 4.78 is 6.35. The first-order chi connectivity index (χ1) is 7.86. The van der Waals surface area contributed by atoms with E-state index in [0.29, 0.717) is 18.3 Å². The molecule has 0 aliphatic carbocycles. The van der Waals surface area contributed by atoms with E-state index in [1.54, 1.807) is 11.3 Å². The summed E-state index contributed by atoms with van der Waals surface area (Å²) in [5.74, 6) is 1.08. The average molecular weight is 231 g/mol. The Morgan fingerprint density at radius 3 is 2.94 bits per heavy atom. The molecular formula is C11H9N3OS. The predicted octanol–water partition coefficient (Wildman–Crippen LogP) is 2.41. The van der Waals surface area contributed by atoms with Crippen molar-refractivity contribution < 1.29 is 4.52 Å². The van der Waals surface area contributed by atoms with Crippen LogP contribution in [0.5, 0.6) is 0 Å². The number of nitrogens with zero attached hydrogens (tertiary/aromatic N) is 2. The fraction of sp³-hybridized carbons (Fsp3) is 0.0909. The number of rotatable bonds is 2. The Labute approximate surface area is 95.7 Å². The number of fused-ring (bicyclic) bond motifs is 1. The molecule has 2 N–H and O–H groups in total. The SMILES string of the molecule is NCc1noc(-c2cc3ccccc3s2)n1. The summed E-state index contributed by atoms with van der Waals surface area (Å²) >= 11 is 1.64. The highest BCUT2D eigenvalue weighted by Crippen LogP contribution is 2.32. The van der Waals surface area contributed by atoms with E-state index in [1.165, 1.54) is 10.1 Å². The molecule has 2 heterocycles. The van der Waals surface area contributed by atoms with Crippen LogP contribution in [-0.4, -0.2) is 10.1 Å². The third-order valence-corrected chi connectivity index (χ3v) is 3.39. The Balaban J connectivity index is 2.11. The molecule has 0 bridgehead atoms. The van der Waals surface area contributed by atoms with Crippen molar-refractivity contribution in [2.75, 3.05) is 0 Å². The summed E-state index contributed by atoms with van der Waals surface area (Å²) in [4.78, 5) is 5.18. The first kappa shape index (κ1) is 9.50. The molecule has 1 aromatic carbocycles. The van der Waals surface area contributed by atoms with Crippen molar-refractivity contribution in [1.29, 1.82) is 0 Å². The van der Waals surface area contributed by atoms with E-state index < -0.39 is 0 Å². The summed E-state index contributed by atoms with van der Waals surface area (Å²) in [6.07, 6.45) is 0. The summed E-state index contributed by atoms with van der Waals surface area (Å²) in [7, 11) is 0. The van der Waals surface area contributed by atoms with E-state index in [2.05, 4.69) is 22.3 Å². The van der Waals surface area contributed by atoms with E-state index in [-0.39, 0.29) is 0 Å². The summed E-state index contributed by atoms with van der Waals surface area (Å²) in [5, 5.41) is 4.97. The highest BCUT2D eigenvalue weighted by atomic mass is 32.1. The summed E-state index contributed by atoms with van der Waals surface area (Å²) in [6, 6.07) is 10.2. The van der Waals surface area contributed by atoms with Gasteiger partial charge in [-0.15, -0.1) is 11.3 Å². The van der Waals surface area contributed by atoms with Gasteiger partial charge in [-0.05, 0) is 17.5 Å². The van der Waals surface area contributed by atoms with E-state index in [0.717, 1.165) is 4.88 Å². The van der Waals surface area contributed by atoms with Gasteiger partial charge < -0.3 is 10.3 Å². The monoisotopic (exact) mass is 231 g/mol. The molecule has 80 valence electrons. The average Bonchev–Trinajstić information content (AvgIpc) is 2.95. The minimum atomic E-state index is 0.300. The van der Waals surface area contributed by atoms with E-state index in [9.17, 15) is 0 Å². The molecule has 0 aliphatic rings. The fourth-order valence-corrected chi connectivity index (χ4v) is 2.51. The van der Waals surface area contributed by atoms with Crippen LogP contribution in [0.1, 0.15) is 5.82 Å². The lowest BCUT2D eigenvalue weighted by Crippen LogP contribution is -1.97. The Hall–Kier alpha value is -1.72. The topological polar surface area (TPSA) is 64.9 Å². The zero-order valence-corrected chi connectivity index (χ0v) is 9.20. The summed E-state index contributed by atoms with van der Waals surface area (Å²) in [5.41, 5.74) is 5.43. The van der Waals surface area contributed by atoms with Crippen LogP contribution in [0.4, 0.5) is 0 Å². The molecule has 3 aromatic rings. The third-order valence-electron chi connectivity index (χ3n) is 2.29. The fourth-order valence-electron chi connectivity index (χ4n) is 1.52. The first-order valence-electron chi connectivity index (χ1n) is 4.88. The zero-order chi connectivity index (χ0) is 11.0. The van der Waals surface area contributed by atoms with Crippen LogP contribution < -0.4 is 5.73 Å². The van der Waals surface area contributed by atoms with Gasteiger partial charge in [0.05, 0.1) is 11.4 Å². The quantitative estimate of drug-likeness (QED) is 0.735. The second kappa shape index (κ2) is 3.70. The molecule has 0 amide bonds. The van der Waals surface area contributed by atoms with Gasteiger partial charge in [0, 0.05) is 4.70 Å². The second-order valence-electron chi connectivity index (χ2n) is 3.37. The van der Waals surface area contributed by atoms with Crippen molar-refractivity contribution in [1.82, 2.24) is 10.1 Å². The van der Waals surface area contributed by atoms with Crippen LogP contribution in [0.25, 0.3) is 20.9 Å². The number of hydrogen-bond acceptors (Lipinski definition) is 5. The smallest absolute Gasteiger partial charge is 0.268 e. The molecule has 0 atom stereocenters. The van der Waals surface area contributed by atoms with Crippen molar-refractivity contribution >= 4 is 21.4 Å². The van der Waals surface area contributed by atoms with Crippen LogP contribution in [0.3, 0.4) is 0 Å². The zero-order valence-electron chi connectivity index (χ0n) is 8.38. The van der Waals surface area contributed by atoms with Crippen molar-refractivity contribution in [2.45, 2.75) is 6.54 Å². The molecular weight excluding hydrogens is 222 g/mol. The molecule has 0 radical (unpaired) electrons. The normalized spacial score (nSPS) is 11.1. The van der Waals surface area contributed by atoms with E-state index in [1.807, 2.05) is 18.2 Å². The van der Waals surface area contributed by atoms with Gasteiger partial charge in [-0.1, -0.05) is 23.4 Å². The van der Waals surface area contributed by atoms with Gasteiger partial charge in [0.15, 0.2) is 5.82 Å². The number of thiophene rings is 1. The lowest BCUT2D eigenvalue weighted by molar-refractivity contribution is 0.423. The maximum absolute atomic E-state index is 5.43. The van der Waals surface area contributed by atoms with Crippen LogP contribution in [0.2, 0.25) is 0 Å². The maximum Gasteiger partial charge on any atom is 0.268 e. The molecule has 0 unspecified atom stereocenters. The highest BCUT2D eigenvalue weighted by molar-refractivity contribution is 7.22. The third kappa shape index (κ3) is 1.50. The van der Waals surface area contributed by atoms with E-state index in [4.69, 9.17) is 10.3 Å². The number of hydrogen-bond donors (Lipinski definition) is 1. The first-order valence-corrected chi connectivity index (χ1v) is 5.70. The molecule has 0 saturated heterocycles. The van der Waals surface area contributed by atoms with Gasteiger partial charge in [0.25, 0.3) is 5.89 Å². The Morgan fingerprint density at radius 1 is 1.31 bits per heavy atom. The molecule has 4 nitrogen and oxygen atoms in total. The standard InChI is InChI=1S/C11H9N3OS/c12-6-10-13-11(15-14-10)9-5-7-3-1-2-4-8(7)16-9/h1-5H,6,12H2. The molecule has 0 spiro atoms. The number of nitrogens with two attached hydrogens (primary N) is 1. The Bertz CT molecular complexity index is 596. The molecule has 2 aromatic heterocycles. The lowest BCUT2D eigenvalue weighted by Gasteiger charge is -1.82. The van der Waals surface area contributed by atoms with Crippen molar-refractivity contribution in [3.8, 4) is 10.8 Å². The van der Waals surface area contributed by atoms with Gasteiger partial charge in [0.1, 0.15) is 0 Å². The summed E-state index contributed by atoms with van der Waals surface area (Å²) in [6.45, 7) is 0.300. The van der Waals surface area contributed by atoms with Crippen molar-refractivity contribution in [3.05, 3.63) is 36.2 Å². The van der Waals surface area contributed by atoms with Crippen molar-refractivity contribution in [3.63, 3.8) is 0 Å². The minimum absolute atomic E-state index is 0.300. The molecule has 0 fully saturated rings. The van der Waals surface area contributed by atoms with Gasteiger partial charge in [-0.3, -0.25) is 0 Å². The molecule has 0 aliphatic heterocycles. The Kier molecular flexibility index (Phi) is 2.19. The van der Waals surface area contributed by atoms with Crippen LogP contribution in [0, 0.1) is 0 Å². The van der Waals surface area contributed by atoms with Crippen molar-refractivity contribution in [2.24, 2.45) is 5.73 Å². The highest BCUT2D eigenvalue weighted by Gasteiger charge is 2.10. The van der Waals surface area contributed by atoms with Gasteiger partial charge in [-0.25, -0.2) is 0 Å². The van der Waals surface area contributed by atoms with Gasteiger partial charge in [0.2, 0.25) is 0 Å². The number of benzene rings is 1. The minimum Gasteiger partial charge on any atom is -0.333 e. The Morgan fingerprint density at radius 2 is 2.19 bits per heavy atom. The van der Waals surface area contributed by atoms with E-state index >= 15 is 0 Å². The lowest BCUT2D eigenvalue weighted by atomic mass is 10.2. The maximum atomic E-state index is 5.43. The van der Waals surface area contributed by atoms with Crippen LogP contribution in [-0.2, 0) is 6.54 Å². The van der Waals surface area contributed by atoms with Crippen LogP contribution in [0.15, 0.2) is 34.9 Å². The molecule has 5 heteroatoms. The molecule has 3 rings (SSSR count). The number of aromatic nitrogens is 2. The van der Waals surface area contributed by atoms with Gasteiger partial charge >= 0.3 is 0 Å². The largest absolute Gasteiger partial charge is 0.333 e. The van der Waals surface area contributed by atoms with Crippen LogP contribution >= 0.6 is 11.3 Å².